The van der Waals surface area contributed by atoms with Gasteiger partial charge in [-0.3, -0.25) is 4.79 Å². The number of anilines is 1. The van der Waals surface area contributed by atoms with Gasteiger partial charge in [-0.15, -0.1) is 12.4 Å². The molecule has 0 aromatic heterocycles. The molecule has 0 aliphatic carbocycles. The van der Waals surface area contributed by atoms with E-state index in [-0.39, 0.29) is 23.2 Å². The summed E-state index contributed by atoms with van der Waals surface area (Å²) in [7, 11) is -0.603. The van der Waals surface area contributed by atoms with Gasteiger partial charge in [0.25, 0.3) is 0 Å². The number of hydrogen-bond acceptors (Lipinski definition) is 4. The monoisotopic (exact) mass is 335 g/mol. The zero-order valence-corrected chi connectivity index (χ0v) is 14.0. The molecule has 1 aromatic rings. The highest BCUT2D eigenvalue weighted by Crippen LogP contribution is 2.18. The standard InChI is InChI=1S/C13H21N3O3S.ClH/c1-4-6-12(14)13(17)15-10-7-5-8-11(9-10)20(18,19)16(2)3;/h5,7-9,12H,4,6,14H2,1-3H3,(H,15,17);1H. The van der Waals surface area contributed by atoms with Crippen molar-refractivity contribution in [1.29, 1.82) is 0 Å². The van der Waals surface area contributed by atoms with Crippen LogP contribution in [0.5, 0.6) is 0 Å². The van der Waals surface area contributed by atoms with E-state index in [9.17, 15) is 13.2 Å². The van der Waals surface area contributed by atoms with E-state index in [1.807, 2.05) is 6.92 Å². The number of nitrogens with one attached hydrogen (secondary N) is 1. The zero-order valence-electron chi connectivity index (χ0n) is 12.4. The van der Waals surface area contributed by atoms with E-state index in [4.69, 9.17) is 5.73 Å². The molecule has 1 amide bonds. The first-order valence-corrected chi connectivity index (χ1v) is 7.82. The topological polar surface area (TPSA) is 92.5 Å². The van der Waals surface area contributed by atoms with Crippen LogP contribution in [0, 0.1) is 0 Å². The third kappa shape index (κ3) is 5.28. The third-order valence-corrected chi connectivity index (χ3v) is 4.63. The average molecular weight is 336 g/mol. The van der Waals surface area contributed by atoms with Crippen molar-refractivity contribution in [3.05, 3.63) is 24.3 Å². The van der Waals surface area contributed by atoms with Crippen LogP contribution in [-0.4, -0.2) is 38.8 Å². The van der Waals surface area contributed by atoms with Crippen molar-refractivity contribution in [3.8, 4) is 0 Å². The third-order valence-electron chi connectivity index (χ3n) is 2.82. The number of nitrogens with zero attached hydrogens (tertiary/aromatic N) is 1. The summed E-state index contributed by atoms with van der Waals surface area (Å²) >= 11 is 0. The molecule has 0 heterocycles. The van der Waals surface area contributed by atoms with Gasteiger partial charge in [0.1, 0.15) is 0 Å². The van der Waals surface area contributed by atoms with Crippen LogP contribution in [0.1, 0.15) is 19.8 Å². The first-order chi connectivity index (χ1) is 9.28. The molecule has 1 atom stereocenters. The molecule has 1 rings (SSSR count). The van der Waals surface area contributed by atoms with Crippen molar-refractivity contribution < 1.29 is 13.2 Å². The van der Waals surface area contributed by atoms with Gasteiger partial charge in [-0.1, -0.05) is 19.4 Å². The molecular weight excluding hydrogens is 314 g/mol. The summed E-state index contributed by atoms with van der Waals surface area (Å²) in [5, 5.41) is 2.63. The first kappa shape index (κ1) is 19.9. The van der Waals surface area contributed by atoms with Gasteiger partial charge < -0.3 is 11.1 Å². The largest absolute Gasteiger partial charge is 0.325 e. The Morgan fingerprint density at radius 1 is 1.38 bits per heavy atom. The number of carbonyl (C=O) groups is 1. The molecule has 6 nitrogen and oxygen atoms in total. The lowest BCUT2D eigenvalue weighted by Crippen LogP contribution is -2.35. The number of nitrogens with two attached hydrogens (primary N) is 1. The Morgan fingerprint density at radius 3 is 2.52 bits per heavy atom. The smallest absolute Gasteiger partial charge is 0.242 e. The highest BCUT2D eigenvalue weighted by molar-refractivity contribution is 7.89. The van der Waals surface area contributed by atoms with E-state index in [1.54, 1.807) is 12.1 Å². The summed E-state index contributed by atoms with van der Waals surface area (Å²) in [6, 6.07) is 5.53. The van der Waals surface area contributed by atoms with E-state index in [1.165, 1.54) is 26.2 Å². The van der Waals surface area contributed by atoms with Crippen molar-refractivity contribution >= 4 is 34.0 Å². The van der Waals surface area contributed by atoms with Gasteiger partial charge in [-0.25, -0.2) is 12.7 Å². The summed E-state index contributed by atoms with van der Waals surface area (Å²) in [5.74, 6) is -0.314. The second-order valence-electron chi connectivity index (χ2n) is 4.70. The van der Waals surface area contributed by atoms with Crippen LogP contribution in [0.25, 0.3) is 0 Å². The summed E-state index contributed by atoms with van der Waals surface area (Å²) in [5.41, 5.74) is 6.13. The highest BCUT2D eigenvalue weighted by Gasteiger charge is 2.18. The van der Waals surface area contributed by atoms with Gasteiger partial charge in [0.2, 0.25) is 15.9 Å². The molecule has 0 aliphatic rings. The molecule has 0 radical (unpaired) electrons. The first-order valence-electron chi connectivity index (χ1n) is 6.38. The predicted octanol–water partition coefficient (Wildman–Crippen LogP) is 1.42. The molecule has 0 bridgehead atoms. The summed E-state index contributed by atoms with van der Waals surface area (Å²) in [6.07, 6.45) is 1.39. The Morgan fingerprint density at radius 2 is 2.00 bits per heavy atom. The lowest BCUT2D eigenvalue weighted by Gasteiger charge is -2.14. The van der Waals surface area contributed by atoms with Crippen molar-refractivity contribution in [3.63, 3.8) is 0 Å². The van der Waals surface area contributed by atoms with Crippen molar-refractivity contribution in [2.24, 2.45) is 5.73 Å². The van der Waals surface area contributed by atoms with E-state index in [0.29, 0.717) is 12.1 Å². The molecule has 0 saturated carbocycles. The van der Waals surface area contributed by atoms with Crippen LogP contribution >= 0.6 is 12.4 Å². The van der Waals surface area contributed by atoms with E-state index in [0.717, 1.165) is 10.7 Å². The maximum absolute atomic E-state index is 12.0. The van der Waals surface area contributed by atoms with Gasteiger partial charge in [0.05, 0.1) is 10.9 Å². The Kier molecular flexibility index (Phi) is 7.87. The maximum atomic E-state index is 12.0. The van der Waals surface area contributed by atoms with Crippen LogP contribution < -0.4 is 11.1 Å². The predicted molar refractivity (Wildman–Crippen MR) is 86.1 cm³/mol. The van der Waals surface area contributed by atoms with Gasteiger partial charge in [0, 0.05) is 19.8 Å². The Hall–Kier alpha value is -1.15. The molecule has 3 N–H and O–H groups in total. The molecule has 0 aliphatic heterocycles. The average Bonchev–Trinajstić information content (AvgIpc) is 2.39. The van der Waals surface area contributed by atoms with Gasteiger partial charge in [-0.2, -0.15) is 0 Å². The minimum Gasteiger partial charge on any atom is -0.325 e. The summed E-state index contributed by atoms with van der Waals surface area (Å²) in [4.78, 5) is 11.9. The van der Waals surface area contributed by atoms with Gasteiger partial charge >= 0.3 is 0 Å². The second kappa shape index (κ2) is 8.33. The zero-order chi connectivity index (χ0) is 15.3. The quantitative estimate of drug-likeness (QED) is 0.822. The minimum atomic E-state index is -3.51. The molecule has 1 unspecified atom stereocenters. The van der Waals surface area contributed by atoms with E-state index >= 15 is 0 Å². The molecule has 1 aromatic carbocycles. The second-order valence-corrected chi connectivity index (χ2v) is 6.85. The Labute approximate surface area is 132 Å². The fourth-order valence-corrected chi connectivity index (χ4v) is 2.57. The van der Waals surface area contributed by atoms with Crippen LogP contribution in [0.2, 0.25) is 0 Å². The van der Waals surface area contributed by atoms with E-state index < -0.39 is 16.1 Å². The van der Waals surface area contributed by atoms with E-state index in [2.05, 4.69) is 5.32 Å². The number of carbonyl (C=O) groups excluding carboxylic acids is 1. The lowest BCUT2D eigenvalue weighted by atomic mass is 10.1. The summed E-state index contributed by atoms with van der Waals surface area (Å²) in [6.45, 7) is 1.94. The maximum Gasteiger partial charge on any atom is 0.242 e. The van der Waals surface area contributed by atoms with Crippen LogP contribution in [-0.2, 0) is 14.8 Å². The molecule has 8 heteroatoms. The number of halogens is 1. The molecule has 120 valence electrons. The number of amides is 1. The van der Waals surface area contributed by atoms with Gasteiger partial charge in [-0.05, 0) is 24.6 Å². The molecule has 21 heavy (non-hydrogen) atoms. The number of rotatable bonds is 6. The minimum absolute atomic E-state index is 0. The Balaban J connectivity index is 0.00000400. The van der Waals surface area contributed by atoms with Crippen molar-refractivity contribution in [2.75, 3.05) is 19.4 Å². The molecule has 0 saturated heterocycles. The fourth-order valence-electron chi connectivity index (χ4n) is 1.62. The summed E-state index contributed by atoms with van der Waals surface area (Å²) < 4.78 is 25.1. The molecule has 0 spiro atoms. The van der Waals surface area contributed by atoms with Crippen LogP contribution in [0.15, 0.2) is 29.2 Å². The van der Waals surface area contributed by atoms with Crippen molar-refractivity contribution in [1.82, 2.24) is 4.31 Å². The Bertz CT molecular complexity index is 576. The fraction of sp³-hybridized carbons (Fsp3) is 0.462. The molecular formula is C13H22ClN3O3S. The SMILES string of the molecule is CCCC(N)C(=O)Nc1cccc(S(=O)(=O)N(C)C)c1.Cl. The highest BCUT2D eigenvalue weighted by atomic mass is 35.5. The van der Waals surface area contributed by atoms with Gasteiger partial charge in [0.15, 0.2) is 0 Å². The van der Waals surface area contributed by atoms with Crippen LogP contribution in [0.3, 0.4) is 0 Å². The van der Waals surface area contributed by atoms with Crippen LogP contribution in [0.4, 0.5) is 5.69 Å². The normalized spacial score (nSPS) is 12.6. The molecule has 0 fully saturated rings. The number of sulfonamides is 1. The number of benzene rings is 1. The lowest BCUT2D eigenvalue weighted by molar-refractivity contribution is -0.117. The number of hydrogen-bond donors (Lipinski definition) is 2. The van der Waals surface area contributed by atoms with Crippen molar-refractivity contribution in [2.45, 2.75) is 30.7 Å².